The normalized spacial score (nSPS) is 11.3. The molecule has 0 spiro atoms. The molecule has 100 valence electrons. The summed E-state index contributed by atoms with van der Waals surface area (Å²) in [5.74, 6) is -0.276. The van der Waals surface area contributed by atoms with Crippen LogP contribution < -0.4 is 4.72 Å². The number of anilines is 1. The van der Waals surface area contributed by atoms with Crippen LogP contribution in [-0.2, 0) is 10.0 Å². The molecule has 2 rings (SSSR count). The molecule has 19 heavy (non-hydrogen) atoms. The first-order valence-electron chi connectivity index (χ1n) is 5.29. The first-order valence-corrected chi connectivity index (χ1v) is 7.56. The Balaban J connectivity index is 2.30. The molecule has 4 nitrogen and oxygen atoms in total. The smallest absolute Gasteiger partial charge is 0.263 e. The number of aryl methyl sites for hydroxylation is 1. The molecule has 0 fully saturated rings. The van der Waals surface area contributed by atoms with E-state index in [1.54, 1.807) is 6.07 Å². The Kier molecular flexibility index (Phi) is 3.86. The molecule has 0 bridgehead atoms. The predicted octanol–water partition coefficient (Wildman–Crippen LogP) is 3.09. The maximum absolute atomic E-state index is 12.8. The molecule has 1 heterocycles. The van der Waals surface area contributed by atoms with Crippen LogP contribution in [0.25, 0.3) is 0 Å². The molecule has 0 unspecified atom stereocenters. The van der Waals surface area contributed by atoms with E-state index in [0.29, 0.717) is 0 Å². The van der Waals surface area contributed by atoms with E-state index in [9.17, 15) is 12.8 Å². The van der Waals surface area contributed by atoms with Gasteiger partial charge >= 0.3 is 0 Å². The molecular formula is C12H10BrFN2O2S. The average Bonchev–Trinajstić information content (AvgIpc) is 2.34. The lowest BCUT2D eigenvalue weighted by atomic mass is 10.3. The number of halogens is 2. The number of benzene rings is 1. The van der Waals surface area contributed by atoms with Gasteiger partial charge in [0, 0.05) is 10.7 Å². The van der Waals surface area contributed by atoms with E-state index in [0.717, 1.165) is 22.2 Å². The van der Waals surface area contributed by atoms with Crippen LogP contribution in [0.5, 0.6) is 0 Å². The Labute approximate surface area is 118 Å². The SMILES string of the molecule is Cc1cc(NS(=O)(=O)c2ccc(F)cc2)ncc1Br. The fourth-order valence-electron chi connectivity index (χ4n) is 1.41. The van der Waals surface area contributed by atoms with Gasteiger partial charge in [0.2, 0.25) is 0 Å². The molecule has 7 heteroatoms. The summed E-state index contributed by atoms with van der Waals surface area (Å²) in [6, 6.07) is 6.18. The summed E-state index contributed by atoms with van der Waals surface area (Å²) in [4.78, 5) is 3.94. The molecule has 1 N–H and O–H groups in total. The molecule has 0 saturated carbocycles. The fourth-order valence-corrected chi connectivity index (χ4v) is 2.62. The lowest BCUT2D eigenvalue weighted by Gasteiger charge is -2.08. The Bertz CT molecular complexity index is 702. The quantitative estimate of drug-likeness (QED) is 0.930. The summed E-state index contributed by atoms with van der Waals surface area (Å²) in [5, 5.41) is 0. The van der Waals surface area contributed by atoms with Crippen molar-refractivity contribution in [3.05, 3.63) is 52.4 Å². The highest BCUT2D eigenvalue weighted by molar-refractivity contribution is 9.10. The van der Waals surface area contributed by atoms with Gasteiger partial charge < -0.3 is 0 Å². The number of hydrogen-bond donors (Lipinski definition) is 1. The Morgan fingerprint density at radius 1 is 1.26 bits per heavy atom. The number of nitrogens with zero attached hydrogens (tertiary/aromatic N) is 1. The molecule has 0 saturated heterocycles. The first-order chi connectivity index (χ1) is 8.88. The van der Waals surface area contributed by atoms with Gasteiger partial charge in [0.15, 0.2) is 0 Å². The number of pyridine rings is 1. The van der Waals surface area contributed by atoms with Gasteiger partial charge in [0.1, 0.15) is 11.6 Å². The minimum absolute atomic E-state index is 0.0173. The topological polar surface area (TPSA) is 59.1 Å². The predicted molar refractivity (Wildman–Crippen MR) is 73.9 cm³/mol. The summed E-state index contributed by atoms with van der Waals surface area (Å²) in [6.07, 6.45) is 1.51. The summed E-state index contributed by atoms with van der Waals surface area (Å²) in [5.41, 5.74) is 0.854. The van der Waals surface area contributed by atoms with Crippen LogP contribution in [0, 0.1) is 12.7 Å². The van der Waals surface area contributed by atoms with Crippen LogP contribution in [-0.4, -0.2) is 13.4 Å². The highest BCUT2D eigenvalue weighted by Gasteiger charge is 2.15. The first kappa shape index (κ1) is 14.0. The number of nitrogens with one attached hydrogen (secondary N) is 1. The second-order valence-corrected chi connectivity index (χ2v) is 6.41. The third kappa shape index (κ3) is 3.30. The van der Waals surface area contributed by atoms with E-state index < -0.39 is 15.8 Å². The standard InChI is InChI=1S/C12H10BrFN2O2S/c1-8-6-12(15-7-11(8)13)16-19(17,18)10-4-2-9(14)3-5-10/h2-7H,1H3,(H,15,16). The molecule has 1 aromatic heterocycles. The van der Waals surface area contributed by atoms with E-state index in [1.807, 2.05) is 6.92 Å². The van der Waals surface area contributed by atoms with Crippen molar-refractivity contribution in [2.75, 3.05) is 4.72 Å². The third-order valence-corrected chi connectivity index (χ3v) is 4.61. The largest absolute Gasteiger partial charge is 0.263 e. The zero-order valence-corrected chi connectivity index (χ0v) is 12.3. The summed E-state index contributed by atoms with van der Waals surface area (Å²) < 4.78 is 39.9. The summed E-state index contributed by atoms with van der Waals surface area (Å²) in [7, 11) is -3.75. The molecule has 0 aliphatic carbocycles. The van der Waals surface area contributed by atoms with Crippen molar-refractivity contribution in [3.63, 3.8) is 0 Å². The lowest BCUT2D eigenvalue weighted by molar-refractivity contribution is 0.599. The third-order valence-electron chi connectivity index (χ3n) is 2.41. The van der Waals surface area contributed by atoms with E-state index >= 15 is 0 Å². The Morgan fingerprint density at radius 3 is 2.47 bits per heavy atom. The Morgan fingerprint density at radius 2 is 1.89 bits per heavy atom. The van der Waals surface area contributed by atoms with E-state index in [-0.39, 0.29) is 10.7 Å². The number of aromatic nitrogens is 1. The van der Waals surface area contributed by atoms with Crippen molar-refractivity contribution in [2.45, 2.75) is 11.8 Å². The highest BCUT2D eigenvalue weighted by Crippen LogP contribution is 2.20. The van der Waals surface area contributed by atoms with E-state index in [2.05, 4.69) is 25.6 Å². The van der Waals surface area contributed by atoms with Gasteiger partial charge in [-0.05, 0) is 58.7 Å². The van der Waals surface area contributed by atoms with E-state index in [1.165, 1.54) is 18.3 Å². The monoisotopic (exact) mass is 344 g/mol. The van der Waals surface area contributed by atoms with Crippen LogP contribution >= 0.6 is 15.9 Å². The maximum Gasteiger partial charge on any atom is 0.263 e. The van der Waals surface area contributed by atoms with Crippen LogP contribution in [0.2, 0.25) is 0 Å². The van der Waals surface area contributed by atoms with Crippen LogP contribution in [0.3, 0.4) is 0 Å². The second kappa shape index (κ2) is 5.26. The fraction of sp³-hybridized carbons (Fsp3) is 0.0833. The van der Waals surface area contributed by atoms with Crippen molar-refractivity contribution >= 4 is 31.8 Å². The number of hydrogen-bond acceptors (Lipinski definition) is 3. The second-order valence-electron chi connectivity index (χ2n) is 3.88. The molecule has 0 amide bonds. The van der Waals surface area contributed by atoms with Gasteiger partial charge in [-0.3, -0.25) is 4.72 Å². The summed E-state index contributed by atoms with van der Waals surface area (Å²) in [6.45, 7) is 1.82. The minimum Gasteiger partial charge on any atom is -0.263 e. The average molecular weight is 345 g/mol. The lowest BCUT2D eigenvalue weighted by Crippen LogP contribution is -2.14. The zero-order valence-electron chi connectivity index (χ0n) is 9.89. The van der Waals surface area contributed by atoms with Crippen molar-refractivity contribution in [2.24, 2.45) is 0 Å². The van der Waals surface area contributed by atoms with Crippen molar-refractivity contribution in [3.8, 4) is 0 Å². The number of sulfonamides is 1. The van der Waals surface area contributed by atoms with Gasteiger partial charge in [-0.15, -0.1) is 0 Å². The molecule has 0 aliphatic rings. The van der Waals surface area contributed by atoms with Gasteiger partial charge in [-0.25, -0.2) is 17.8 Å². The van der Waals surface area contributed by atoms with Crippen molar-refractivity contribution in [1.29, 1.82) is 0 Å². The van der Waals surface area contributed by atoms with Crippen molar-refractivity contribution < 1.29 is 12.8 Å². The van der Waals surface area contributed by atoms with Gasteiger partial charge in [0.25, 0.3) is 10.0 Å². The minimum atomic E-state index is -3.75. The molecule has 1 aromatic carbocycles. The van der Waals surface area contributed by atoms with Gasteiger partial charge in [-0.1, -0.05) is 0 Å². The molecule has 2 aromatic rings. The summed E-state index contributed by atoms with van der Waals surface area (Å²) >= 11 is 3.28. The van der Waals surface area contributed by atoms with Crippen molar-refractivity contribution in [1.82, 2.24) is 4.98 Å². The Hall–Kier alpha value is -1.47. The van der Waals surface area contributed by atoms with Gasteiger partial charge in [0.05, 0.1) is 4.90 Å². The molecular weight excluding hydrogens is 335 g/mol. The number of rotatable bonds is 3. The maximum atomic E-state index is 12.8. The molecule has 0 atom stereocenters. The highest BCUT2D eigenvalue weighted by atomic mass is 79.9. The van der Waals surface area contributed by atoms with Crippen LogP contribution in [0.4, 0.5) is 10.2 Å². The van der Waals surface area contributed by atoms with Gasteiger partial charge in [-0.2, -0.15) is 0 Å². The van der Waals surface area contributed by atoms with Crippen LogP contribution in [0.1, 0.15) is 5.56 Å². The van der Waals surface area contributed by atoms with E-state index in [4.69, 9.17) is 0 Å². The molecule has 0 aliphatic heterocycles. The van der Waals surface area contributed by atoms with Crippen LogP contribution in [0.15, 0.2) is 45.9 Å². The zero-order chi connectivity index (χ0) is 14.0. The molecule has 0 radical (unpaired) electrons.